The minimum absolute atomic E-state index is 0.101. The molecular formula is C22H29N3O3. The molecule has 2 aromatic rings. The topological polar surface area (TPSA) is 73.2 Å². The lowest BCUT2D eigenvalue weighted by Gasteiger charge is -2.21. The second-order valence-corrected chi connectivity index (χ2v) is 6.88. The average Bonchev–Trinajstić information content (AvgIpc) is 2.91. The van der Waals surface area contributed by atoms with Gasteiger partial charge in [0.2, 0.25) is 0 Å². The summed E-state index contributed by atoms with van der Waals surface area (Å²) in [5.41, 5.74) is 3.71. The third kappa shape index (κ3) is 5.55. The Morgan fingerprint density at radius 2 is 1.93 bits per heavy atom. The first-order valence-corrected chi connectivity index (χ1v) is 9.57. The minimum Gasteiger partial charge on any atom is -0.449 e. The van der Waals surface area contributed by atoms with Gasteiger partial charge < -0.3 is 10.1 Å². The van der Waals surface area contributed by atoms with Crippen LogP contribution in [0.2, 0.25) is 0 Å². The van der Waals surface area contributed by atoms with Crippen molar-refractivity contribution in [3.63, 3.8) is 0 Å². The average molecular weight is 383 g/mol. The molecule has 1 aromatic carbocycles. The maximum Gasteiger partial charge on any atom is 0.331 e. The molecule has 0 spiro atoms. The second kappa shape index (κ2) is 9.88. The lowest BCUT2D eigenvalue weighted by Crippen LogP contribution is -2.38. The van der Waals surface area contributed by atoms with E-state index < -0.39 is 12.1 Å². The van der Waals surface area contributed by atoms with Crippen LogP contribution in [-0.2, 0) is 21.4 Å². The number of aromatic nitrogens is 2. The van der Waals surface area contributed by atoms with Gasteiger partial charge in [-0.15, -0.1) is 0 Å². The Morgan fingerprint density at radius 3 is 2.50 bits per heavy atom. The molecule has 6 heteroatoms. The van der Waals surface area contributed by atoms with Gasteiger partial charge in [-0.05, 0) is 38.8 Å². The maximum atomic E-state index is 12.5. The minimum atomic E-state index is -0.878. The third-order valence-electron chi connectivity index (χ3n) is 4.71. The number of hydrogen-bond acceptors (Lipinski definition) is 4. The van der Waals surface area contributed by atoms with Crippen LogP contribution in [0.4, 0.5) is 0 Å². The summed E-state index contributed by atoms with van der Waals surface area (Å²) in [7, 11) is 1.85. The van der Waals surface area contributed by atoms with Gasteiger partial charge in [0.1, 0.15) is 0 Å². The van der Waals surface area contributed by atoms with Crippen molar-refractivity contribution in [1.82, 2.24) is 15.1 Å². The SMILES string of the molecule is CCC[C@H](NC(=O)[C@@H](C)OC(=O)/C=C/c1c(C)nn(C)c1C)c1ccccc1. The van der Waals surface area contributed by atoms with Crippen molar-refractivity contribution in [2.45, 2.75) is 52.7 Å². The summed E-state index contributed by atoms with van der Waals surface area (Å²) in [4.78, 5) is 24.6. The molecule has 1 amide bonds. The molecule has 0 bridgehead atoms. The Balaban J connectivity index is 1.97. The first-order chi connectivity index (χ1) is 13.3. The first kappa shape index (κ1) is 21.4. The number of carbonyl (C=O) groups is 2. The van der Waals surface area contributed by atoms with Crippen molar-refractivity contribution in [3.05, 3.63) is 58.9 Å². The molecule has 2 rings (SSSR count). The summed E-state index contributed by atoms with van der Waals surface area (Å²) in [5, 5.41) is 7.29. The van der Waals surface area contributed by atoms with E-state index in [-0.39, 0.29) is 11.9 Å². The van der Waals surface area contributed by atoms with Crippen molar-refractivity contribution >= 4 is 18.0 Å². The zero-order valence-electron chi connectivity index (χ0n) is 17.2. The lowest BCUT2D eigenvalue weighted by atomic mass is 10.0. The predicted molar refractivity (Wildman–Crippen MR) is 110 cm³/mol. The van der Waals surface area contributed by atoms with Crippen LogP contribution in [0.15, 0.2) is 36.4 Å². The van der Waals surface area contributed by atoms with E-state index >= 15 is 0 Å². The van der Waals surface area contributed by atoms with Crippen molar-refractivity contribution in [2.75, 3.05) is 0 Å². The highest BCUT2D eigenvalue weighted by Gasteiger charge is 2.21. The second-order valence-electron chi connectivity index (χ2n) is 6.88. The molecule has 0 aliphatic carbocycles. The fourth-order valence-electron chi connectivity index (χ4n) is 3.03. The quantitative estimate of drug-likeness (QED) is 0.558. The van der Waals surface area contributed by atoms with E-state index in [0.717, 1.165) is 35.4 Å². The van der Waals surface area contributed by atoms with Crippen LogP contribution >= 0.6 is 0 Å². The van der Waals surface area contributed by atoms with Crippen molar-refractivity contribution < 1.29 is 14.3 Å². The molecule has 0 aliphatic rings. The Morgan fingerprint density at radius 1 is 1.25 bits per heavy atom. The van der Waals surface area contributed by atoms with Crippen LogP contribution in [-0.4, -0.2) is 27.8 Å². The number of hydrogen-bond donors (Lipinski definition) is 1. The number of amides is 1. The van der Waals surface area contributed by atoms with Gasteiger partial charge in [-0.3, -0.25) is 9.48 Å². The van der Waals surface area contributed by atoms with Crippen molar-refractivity contribution in [1.29, 1.82) is 0 Å². The molecule has 0 radical (unpaired) electrons. The largest absolute Gasteiger partial charge is 0.449 e. The van der Waals surface area contributed by atoms with Crippen LogP contribution in [0.3, 0.4) is 0 Å². The van der Waals surface area contributed by atoms with Crippen molar-refractivity contribution in [3.8, 4) is 0 Å². The monoisotopic (exact) mass is 383 g/mol. The van der Waals surface area contributed by atoms with Crippen LogP contribution in [0.1, 0.15) is 55.2 Å². The fraction of sp³-hybridized carbons (Fsp3) is 0.409. The summed E-state index contributed by atoms with van der Waals surface area (Å²) in [5.74, 6) is -0.866. The molecule has 28 heavy (non-hydrogen) atoms. The van der Waals surface area contributed by atoms with E-state index in [0.29, 0.717) is 0 Å². The Bertz CT molecular complexity index is 840. The van der Waals surface area contributed by atoms with E-state index in [1.54, 1.807) is 17.7 Å². The molecule has 2 atom stereocenters. The number of benzene rings is 1. The van der Waals surface area contributed by atoms with Gasteiger partial charge in [0.15, 0.2) is 6.10 Å². The Hall–Kier alpha value is -2.89. The van der Waals surface area contributed by atoms with Gasteiger partial charge >= 0.3 is 5.97 Å². The first-order valence-electron chi connectivity index (χ1n) is 9.57. The smallest absolute Gasteiger partial charge is 0.331 e. The molecule has 0 saturated carbocycles. The Kier molecular flexibility index (Phi) is 7.55. The highest BCUT2D eigenvalue weighted by molar-refractivity contribution is 5.90. The number of rotatable bonds is 8. The number of esters is 1. The summed E-state index contributed by atoms with van der Waals surface area (Å²) in [6, 6.07) is 9.70. The highest BCUT2D eigenvalue weighted by Crippen LogP contribution is 2.18. The van der Waals surface area contributed by atoms with Gasteiger partial charge in [-0.25, -0.2) is 4.79 Å². The summed E-state index contributed by atoms with van der Waals surface area (Å²) in [6.07, 6.45) is 3.88. The number of aryl methyl sites for hydroxylation is 2. The molecule has 1 heterocycles. The molecule has 0 aliphatic heterocycles. The van der Waals surface area contributed by atoms with Crippen molar-refractivity contribution in [2.24, 2.45) is 7.05 Å². The van der Waals surface area contributed by atoms with Crippen LogP contribution in [0.25, 0.3) is 6.08 Å². The van der Waals surface area contributed by atoms with E-state index in [1.807, 2.05) is 51.2 Å². The van der Waals surface area contributed by atoms with E-state index in [9.17, 15) is 9.59 Å². The zero-order valence-corrected chi connectivity index (χ0v) is 17.2. The normalized spacial score (nSPS) is 13.3. The molecular weight excluding hydrogens is 354 g/mol. The summed E-state index contributed by atoms with van der Waals surface area (Å²) >= 11 is 0. The number of nitrogens with one attached hydrogen (secondary N) is 1. The van der Waals surface area contributed by atoms with Gasteiger partial charge in [0.25, 0.3) is 5.91 Å². The highest BCUT2D eigenvalue weighted by atomic mass is 16.5. The van der Waals surface area contributed by atoms with Gasteiger partial charge in [0.05, 0.1) is 11.7 Å². The van der Waals surface area contributed by atoms with Crippen LogP contribution in [0, 0.1) is 13.8 Å². The molecule has 150 valence electrons. The molecule has 6 nitrogen and oxygen atoms in total. The number of ether oxygens (including phenoxy) is 1. The van der Waals surface area contributed by atoms with Crippen LogP contribution in [0.5, 0.6) is 0 Å². The standard InChI is InChI=1S/C22H29N3O3/c1-6-10-20(18-11-8-7-9-12-18)23-22(27)17(4)28-21(26)14-13-19-15(2)24-25(5)16(19)3/h7-9,11-14,17,20H,6,10H2,1-5H3,(H,23,27)/b14-13+/t17-,20+/m1/s1. The maximum absolute atomic E-state index is 12.5. The molecule has 0 unspecified atom stereocenters. The summed E-state index contributed by atoms with van der Waals surface area (Å²) in [6.45, 7) is 7.46. The fourth-order valence-corrected chi connectivity index (χ4v) is 3.03. The van der Waals surface area contributed by atoms with Gasteiger partial charge in [-0.2, -0.15) is 5.10 Å². The van der Waals surface area contributed by atoms with E-state index in [1.165, 1.54) is 6.08 Å². The Labute approximate surface area is 166 Å². The van der Waals surface area contributed by atoms with Gasteiger partial charge in [-0.1, -0.05) is 43.7 Å². The van der Waals surface area contributed by atoms with Crippen LogP contribution < -0.4 is 5.32 Å². The molecule has 0 fully saturated rings. The lowest BCUT2D eigenvalue weighted by molar-refractivity contribution is -0.150. The van der Waals surface area contributed by atoms with E-state index in [4.69, 9.17) is 4.74 Å². The van der Waals surface area contributed by atoms with E-state index in [2.05, 4.69) is 17.3 Å². The molecule has 0 saturated heterocycles. The van der Waals surface area contributed by atoms with Gasteiger partial charge in [0, 0.05) is 24.4 Å². The zero-order chi connectivity index (χ0) is 20.7. The molecule has 1 aromatic heterocycles. The predicted octanol–water partition coefficient (Wildman–Crippen LogP) is 3.64. The third-order valence-corrected chi connectivity index (χ3v) is 4.71. The number of carbonyl (C=O) groups excluding carboxylic acids is 2. The molecule has 1 N–H and O–H groups in total. The number of nitrogens with zero attached hydrogens (tertiary/aromatic N) is 2. The summed E-state index contributed by atoms with van der Waals surface area (Å²) < 4.78 is 7.03.